The number of rotatable bonds is 5. The number of carbonyl (C=O) groups is 1. The van der Waals surface area contributed by atoms with Crippen LogP contribution in [0.15, 0.2) is 53.2 Å². The van der Waals surface area contributed by atoms with Gasteiger partial charge in [0, 0.05) is 6.42 Å². The molecule has 128 valence electrons. The van der Waals surface area contributed by atoms with Crippen LogP contribution in [0.4, 0.5) is 0 Å². The first kappa shape index (κ1) is 17.0. The van der Waals surface area contributed by atoms with Gasteiger partial charge >= 0.3 is 5.97 Å². The summed E-state index contributed by atoms with van der Waals surface area (Å²) in [5.41, 5.74) is 1.96. The normalized spacial score (nSPS) is 15.1. The summed E-state index contributed by atoms with van der Waals surface area (Å²) < 4.78 is 15.5. The maximum Gasteiger partial charge on any atom is 0.363 e. The van der Waals surface area contributed by atoms with Crippen molar-refractivity contribution in [2.75, 3.05) is 14.2 Å². The molecule has 0 atom stereocenters. The van der Waals surface area contributed by atoms with Crippen molar-refractivity contribution in [2.24, 2.45) is 4.99 Å². The molecule has 1 aliphatic heterocycles. The third-order valence-corrected chi connectivity index (χ3v) is 3.95. The van der Waals surface area contributed by atoms with Crippen LogP contribution in [0.1, 0.15) is 11.1 Å². The van der Waals surface area contributed by atoms with Crippen molar-refractivity contribution in [1.29, 1.82) is 0 Å². The molecule has 0 amide bonds. The van der Waals surface area contributed by atoms with E-state index in [1.165, 1.54) is 0 Å². The molecule has 2 aromatic rings. The molecule has 1 heterocycles. The molecule has 25 heavy (non-hydrogen) atoms. The summed E-state index contributed by atoms with van der Waals surface area (Å²) in [6.45, 7) is 0. The predicted octanol–water partition coefficient (Wildman–Crippen LogP) is 3.90. The molecular formula is C19H16ClNO4. The lowest BCUT2D eigenvalue weighted by atomic mass is 10.1. The number of ether oxygens (including phenoxy) is 3. The zero-order valence-corrected chi connectivity index (χ0v) is 14.5. The van der Waals surface area contributed by atoms with Crippen LogP contribution in [0, 0.1) is 0 Å². The summed E-state index contributed by atoms with van der Waals surface area (Å²) in [6.07, 6.45) is 2.06. The average molecular weight is 358 g/mol. The van der Waals surface area contributed by atoms with E-state index in [0.717, 1.165) is 16.9 Å². The summed E-state index contributed by atoms with van der Waals surface area (Å²) in [5, 5.41) is 0.464. The fourth-order valence-corrected chi connectivity index (χ4v) is 2.64. The lowest BCUT2D eigenvalue weighted by Crippen LogP contribution is -2.06. The zero-order chi connectivity index (χ0) is 17.8. The number of halogens is 1. The van der Waals surface area contributed by atoms with E-state index in [0.29, 0.717) is 23.1 Å². The Morgan fingerprint density at radius 1 is 1.12 bits per heavy atom. The van der Waals surface area contributed by atoms with Gasteiger partial charge in [-0.25, -0.2) is 9.79 Å². The van der Waals surface area contributed by atoms with Crippen molar-refractivity contribution < 1.29 is 19.0 Å². The standard InChI is InChI=1S/C19H16ClNO4/c1-23-14-6-3-12(4-7-14)11-18-21-16(19(22)25-18)10-13-5-8-17(24-2)15(20)9-13/h3-10H,11H2,1-2H3/b16-10+. The molecule has 0 N–H and O–H groups in total. The molecule has 2 aromatic carbocycles. The summed E-state index contributed by atoms with van der Waals surface area (Å²) >= 11 is 6.10. The van der Waals surface area contributed by atoms with Gasteiger partial charge in [0.15, 0.2) is 5.70 Å². The molecule has 0 saturated heterocycles. The second-order valence-corrected chi connectivity index (χ2v) is 5.75. The molecule has 0 bridgehead atoms. The number of cyclic esters (lactones) is 1. The minimum absolute atomic E-state index is 0.241. The molecule has 0 fully saturated rings. The van der Waals surface area contributed by atoms with Gasteiger partial charge in [0.05, 0.1) is 19.2 Å². The second kappa shape index (κ2) is 7.40. The van der Waals surface area contributed by atoms with Gasteiger partial charge in [-0.05, 0) is 41.5 Å². The number of hydrogen-bond acceptors (Lipinski definition) is 5. The lowest BCUT2D eigenvalue weighted by Gasteiger charge is -2.03. The third kappa shape index (κ3) is 4.00. The van der Waals surface area contributed by atoms with Crippen LogP contribution in [0.25, 0.3) is 6.08 Å². The van der Waals surface area contributed by atoms with Gasteiger partial charge in [-0.3, -0.25) is 0 Å². The number of benzene rings is 2. The zero-order valence-electron chi connectivity index (χ0n) is 13.8. The Bertz CT molecular complexity index is 856. The van der Waals surface area contributed by atoms with E-state index in [1.807, 2.05) is 24.3 Å². The van der Waals surface area contributed by atoms with Gasteiger partial charge in [-0.2, -0.15) is 0 Å². The van der Waals surface area contributed by atoms with Crippen LogP contribution in [-0.4, -0.2) is 26.1 Å². The predicted molar refractivity (Wildman–Crippen MR) is 96.2 cm³/mol. The first-order valence-corrected chi connectivity index (χ1v) is 7.95. The van der Waals surface area contributed by atoms with Crippen LogP contribution in [0.5, 0.6) is 11.5 Å². The van der Waals surface area contributed by atoms with E-state index >= 15 is 0 Å². The third-order valence-electron chi connectivity index (χ3n) is 3.66. The largest absolute Gasteiger partial charge is 0.497 e. The molecule has 6 heteroatoms. The molecule has 0 radical (unpaired) electrons. The monoisotopic (exact) mass is 357 g/mol. The Morgan fingerprint density at radius 2 is 1.88 bits per heavy atom. The molecular weight excluding hydrogens is 342 g/mol. The molecule has 0 unspecified atom stereocenters. The summed E-state index contributed by atoms with van der Waals surface area (Å²) in [5.74, 6) is 1.23. The van der Waals surface area contributed by atoms with Gasteiger partial charge in [0.2, 0.25) is 5.90 Å². The number of hydrogen-bond donors (Lipinski definition) is 0. The number of methoxy groups -OCH3 is 2. The SMILES string of the molecule is COc1ccc(CC2=N/C(=C/c3ccc(OC)c(Cl)c3)C(=O)O2)cc1. The van der Waals surface area contributed by atoms with Crippen LogP contribution >= 0.6 is 11.6 Å². The van der Waals surface area contributed by atoms with Crippen LogP contribution < -0.4 is 9.47 Å². The highest BCUT2D eigenvalue weighted by molar-refractivity contribution is 6.32. The first-order chi connectivity index (χ1) is 12.1. The first-order valence-electron chi connectivity index (χ1n) is 7.57. The van der Waals surface area contributed by atoms with Crippen LogP contribution in [0.2, 0.25) is 5.02 Å². The van der Waals surface area contributed by atoms with Crippen molar-refractivity contribution >= 4 is 29.5 Å². The molecule has 3 rings (SSSR count). The van der Waals surface area contributed by atoms with E-state index in [-0.39, 0.29) is 5.70 Å². The van der Waals surface area contributed by atoms with E-state index in [1.54, 1.807) is 38.5 Å². The number of aliphatic imine (C=N–C) groups is 1. The van der Waals surface area contributed by atoms with Crippen molar-refractivity contribution in [3.8, 4) is 11.5 Å². The lowest BCUT2D eigenvalue weighted by molar-refractivity contribution is -0.130. The minimum atomic E-state index is -0.476. The fraction of sp³-hybridized carbons (Fsp3) is 0.158. The van der Waals surface area contributed by atoms with Gasteiger partial charge < -0.3 is 14.2 Å². The summed E-state index contributed by atoms with van der Waals surface area (Å²) in [4.78, 5) is 16.3. The molecule has 0 aliphatic carbocycles. The Hall–Kier alpha value is -2.79. The molecule has 0 spiro atoms. The van der Waals surface area contributed by atoms with Crippen LogP contribution in [-0.2, 0) is 16.0 Å². The number of nitrogens with zero attached hydrogens (tertiary/aromatic N) is 1. The topological polar surface area (TPSA) is 57.1 Å². The fourth-order valence-electron chi connectivity index (χ4n) is 2.38. The smallest absolute Gasteiger partial charge is 0.363 e. The highest BCUT2D eigenvalue weighted by Gasteiger charge is 2.23. The van der Waals surface area contributed by atoms with E-state index < -0.39 is 5.97 Å². The summed E-state index contributed by atoms with van der Waals surface area (Å²) in [6, 6.07) is 12.7. The number of esters is 1. The van der Waals surface area contributed by atoms with Gasteiger partial charge in [0.25, 0.3) is 0 Å². The maximum atomic E-state index is 12.0. The molecule has 5 nitrogen and oxygen atoms in total. The highest BCUT2D eigenvalue weighted by atomic mass is 35.5. The van der Waals surface area contributed by atoms with Gasteiger partial charge in [0.1, 0.15) is 11.5 Å². The van der Waals surface area contributed by atoms with Crippen LogP contribution in [0.3, 0.4) is 0 Å². The van der Waals surface area contributed by atoms with Crippen molar-refractivity contribution in [3.05, 3.63) is 64.3 Å². The van der Waals surface area contributed by atoms with Gasteiger partial charge in [-0.1, -0.05) is 29.8 Å². The maximum absolute atomic E-state index is 12.0. The van der Waals surface area contributed by atoms with E-state index in [4.69, 9.17) is 25.8 Å². The molecule has 1 aliphatic rings. The van der Waals surface area contributed by atoms with Crippen molar-refractivity contribution in [2.45, 2.75) is 6.42 Å². The Labute approximate surface area is 150 Å². The molecule has 0 aromatic heterocycles. The van der Waals surface area contributed by atoms with Gasteiger partial charge in [-0.15, -0.1) is 0 Å². The Kier molecular flexibility index (Phi) is 5.05. The number of carbonyl (C=O) groups excluding carboxylic acids is 1. The molecule has 0 saturated carbocycles. The quantitative estimate of drug-likeness (QED) is 0.601. The van der Waals surface area contributed by atoms with E-state index in [2.05, 4.69) is 4.99 Å². The highest BCUT2D eigenvalue weighted by Crippen LogP contribution is 2.27. The minimum Gasteiger partial charge on any atom is -0.497 e. The second-order valence-electron chi connectivity index (χ2n) is 5.34. The Balaban J connectivity index is 1.78. The van der Waals surface area contributed by atoms with Crippen molar-refractivity contribution in [3.63, 3.8) is 0 Å². The Morgan fingerprint density at radius 3 is 2.52 bits per heavy atom. The van der Waals surface area contributed by atoms with E-state index in [9.17, 15) is 4.79 Å². The average Bonchev–Trinajstić information content (AvgIpc) is 2.95. The van der Waals surface area contributed by atoms with Crippen molar-refractivity contribution in [1.82, 2.24) is 0 Å². The summed E-state index contributed by atoms with van der Waals surface area (Å²) in [7, 11) is 3.16.